The Morgan fingerprint density at radius 3 is 2.50 bits per heavy atom. The van der Waals surface area contributed by atoms with Crippen LogP contribution in [0, 0.1) is 13.8 Å². The fraction of sp³-hybridized carbons (Fsp3) is 0.294. The molecule has 0 N–H and O–H groups in total. The summed E-state index contributed by atoms with van der Waals surface area (Å²) in [6.07, 6.45) is 5.44. The lowest BCUT2D eigenvalue weighted by atomic mass is 10.1. The first-order chi connectivity index (χ1) is 10.5. The minimum absolute atomic E-state index is 0.0638. The Bertz CT molecular complexity index is 862. The van der Waals surface area contributed by atoms with E-state index in [1.165, 1.54) is 0 Å². The van der Waals surface area contributed by atoms with Gasteiger partial charge < -0.3 is 4.57 Å². The second kappa shape index (κ2) is 5.33. The van der Waals surface area contributed by atoms with Crippen molar-refractivity contribution in [2.45, 2.75) is 34.2 Å². The summed E-state index contributed by atoms with van der Waals surface area (Å²) in [6, 6.07) is 1.96. The topological polar surface area (TPSA) is 60.7 Å². The van der Waals surface area contributed by atoms with E-state index >= 15 is 0 Å². The van der Waals surface area contributed by atoms with Crippen LogP contribution in [0.25, 0.3) is 22.2 Å². The summed E-state index contributed by atoms with van der Waals surface area (Å²) in [6.45, 7) is 8.28. The average Bonchev–Trinajstić information content (AvgIpc) is 2.87. The first kappa shape index (κ1) is 14.4. The summed E-state index contributed by atoms with van der Waals surface area (Å²) < 4.78 is 2.07. The highest BCUT2D eigenvalue weighted by atomic mass is 16.1. The molecule has 0 saturated carbocycles. The Balaban J connectivity index is 2.29. The van der Waals surface area contributed by atoms with E-state index in [-0.39, 0.29) is 5.78 Å². The Hall–Kier alpha value is -2.56. The zero-order valence-corrected chi connectivity index (χ0v) is 13.2. The summed E-state index contributed by atoms with van der Waals surface area (Å²) in [4.78, 5) is 25.0. The number of carbonyl (C=O) groups is 1. The van der Waals surface area contributed by atoms with Gasteiger partial charge in [0.05, 0.1) is 16.9 Å². The minimum Gasteiger partial charge on any atom is -0.346 e. The molecule has 3 rings (SSSR count). The van der Waals surface area contributed by atoms with Crippen LogP contribution in [0.15, 0.2) is 24.7 Å². The summed E-state index contributed by atoms with van der Waals surface area (Å²) in [5, 5.41) is 0.942. The fourth-order valence-electron chi connectivity index (χ4n) is 2.73. The van der Waals surface area contributed by atoms with E-state index in [0.717, 1.165) is 45.8 Å². The van der Waals surface area contributed by atoms with Crippen LogP contribution >= 0.6 is 0 Å². The van der Waals surface area contributed by atoms with Crippen LogP contribution in [-0.2, 0) is 6.54 Å². The third kappa shape index (κ3) is 2.28. The van der Waals surface area contributed by atoms with Gasteiger partial charge in [-0.15, -0.1) is 0 Å². The second-order valence-electron chi connectivity index (χ2n) is 5.39. The predicted molar refractivity (Wildman–Crippen MR) is 85.9 cm³/mol. The fourth-order valence-corrected chi connectivity index (χ4v) is 2.73. The van der Waals surface area contributed by atoms with Gasteiger partial charge in [-0.25, -0.2) is 9.97 Å². The zero-order chi connectivity index (χ0) is 15.9. The van der Waals surface area contributed by atoms with E-state index in [4.69, 9.17) is 0 Å². The molecule has 0 spiro atoms. The van der Waals surface area contributed by atoms with Crippen molar-refractivity contribution in [1.82, 2.24) is 19.5 Å². The Kier molecular flexibility index (Phi) is 3.48. The summed E-state index contributed by atoms with van der Waals surface area (Å²) >= 11 is 0. The quantitative estimate of drug-likeness (QED) is 0.695. The van der Waals surface area contributed by atoms with Crippen LogP contribution < -0.4 is 0 Å². The van der Waals surface area contributed by atoms with Crippen molar-refractivity contribution in [1.29, 1.82) is 0 Å². The van der Waals surface area contributed by atoms with E-state index in [2.05, 4.69) is 26.4 Å². The third-order valence-electron chi connectivity index (χ3n) is 3.83. The molecule has 0 radical (unpaired) electrons. The number of aromatic nitrogens is 4. The Labute approximate surface area is 129 Å². The van der Waals surface area contributed by atoms with Crippen LogP contribution in [0.3, 0.4) is 0 Å². The lowest BCUT2D eigenvalue weighted by molar-refractivity contribution is 0.101. The Morgan fingerprint density at radius 2 is 1.91 bits per heavy atom. The van der Waals surface area contributed by atoms with Crippen molar-refractivity contribution in [3.63, 3.8) is 0 Å². The second-order valence-corrected chi connectivity index (χ2v) is 5.39. The standard InChI is InChI=1S/C17H18N4O/c1-5-21-9-15(11(3)22)14-6-16(20-10(2)17(14)21)13-7-18-12(4)19-8-13/h6-9H,5H2,1-4H3. The molecule has 3 aromatic heterocycles. The minimum atomic E-state index is 0.0638. The number of rotatable bonds is 3. The molecular formula is C17H18N4O. The molecule has 0 aromatic carbocycles. The molecule has 0 atom stereocenters. The van der Waals surface area contributed by atoms with E-state index in [1.54, 1.807) is 19.3 Å². The number of aryl methyl sites for hydroxylation is 3. The Morgan fingerprint density at radius 1 is 1.23 bits per heavy atom. The van der Waals surface area contributed by atoms with Gasteiger partial charge in [0.15, 0.2) is 5.78 Å². The zero-order valence-electron chi connectivity index (χ0n) is 13.2. The van der Waals surface area contributed by atoms with E-state index in [1.807, 2.05) is 26.1 Å². The smallest absolute Gasteiger partial charge is 0.161 e. The van der Waals surface area contributed by atoms with Gasteiger partial charge >= 0.3 is 0 Å². The first-order valence-corrected chi connectivity index (χ1v) is 7.31. The highest BCUT2D eigenvalue weighted by Crippen LogP contribution is 2.28. The van der Waals surface area contributed by atoms with Gasteiger partial charge in [0.25, 0.3) is 0 Å². The van der Waals surface area contributed by atoms with Gasteiger partial charge in [-0.3, -0.25) is 9.78 Å². The SMILES string of the molecule is CCn1cc(C(C)=O)c2cc(-c3cnc(C)nc3)nc(C)c21. The van der Waals surface area contributed by atoms with Crippen molar-refractivity contribution in [3.8, 4) is 11.3 Å². The summed E-state index contributed by atoms with van der Waals surface area (Å²) in [7, 11) is 0. The molecule has 0 aliphatic rings. The molecule has 0 unspecified atom stereocenters. The number of nitrogens with zero attached hydrogens (tertiary/aromatic N) is 4. The molecule has 0 saturated heterocycles. The van der Waals surface area contributed by atoms with Gasteiger partial charge in [-0.05, 0) is 33.8 Å². The molecular weight excluding hydrogens is 276 g/mol. The van der Waals surface area contributed by atoms with Crippen molar-refractivity contribution in [3.05, 3.63) is 41.7 Å². The van der Waals surface area contributed by atoms with Gasteiger partial charge in [-0.2, -0.15) is 0 Å². The van der Waals surface area contributed by atoms with Crippen LogP contribution in [0.2, 0.25) is 0 Å². The molecule has 112 valence electrons. The summed E-state index contributed by atoms with van der Waals surface area (Å²) in [5.74, 6) is 0.789. The van der Waals surface area contributed by atoms with Gasteiger partial charge in [-0.1, -0.05) is 0 Å². The molecule has 0 aliphatic heterocycles. The largest absolute Gasteiger partial charge is 0.346 e. The number of hydrogen-bond donors (Lipinski definition) is 0. The van der Waals surface area contributed by atoms with E-state index < -0.39 is 0 Å². The average molecular weight is 294 g/mol. The van der Waals surface area contributed by atoms with Crippen molar-refractivity contribution in [2.75, 3.05) is 0 Å². The number of ketones is 1. The maximum atomic E-state index is 11.9. The van der Waals surface area contributed by atoms with Crippen LogP contribution in [0.1, 0.15) is 35.7 Å². The predicted octanol–water partition coefficient (Wildman–Crippen LogP) is 3.33. The van der Waals surface area contributed by atoms with Crippen LogP contribution in [0.4, 0.5) is 0 Å². The van der Waals surface area contributed by atoms with Crippen molar-refractivity contribution >= 4 is 16.7 Å². The maximum absolute atomic E-state index is 11.9. The lowest BCUT2D eigenvalue weighted by Crippen LogP contribution is -1.97. The van der Waals surface area contributed by atoms with Crippen LogP contribution in [-0.4, -0.2) is 25.3 Å². The monoisotopic (exact) mass is 294 g/mol. The van der Waals surface area contributed by atoms with Crippen molar-refractivity contribution < 1.29 is 4.79 Å². The number of Topliss-reactive ketones (excluding diaryl/α,β-unsaturated/α-hetero) is 1. The van der Waals surface area contributed by atoms with E-state index in [9.17, 15) is 4.79 Å². The molecule has 0 bridgehead atoms. The molecule has 3 aromatic rings. The lowest BCUT2D eigenvalue weighted by Gasteiger charge is -2.07. The van der Waals surface area contributed by atoms with E-state index in [0.29, 0.717) is 0 Å². The number of pyridine rings is 1. The highest BCUT2D eigenvalue weighted by molar-refractivity contribution is 6.08. The normalized spacial score (nSPS) is 11.1. The van der Waals surface area contributed by atoms with Gasteiger partial charge in [0.2, 0.25) is 0 Å². The summed E-state index contributed by atoms with van der Waals surface area (Å²) in [5.41, 5.74) is 4.30. The van der Waals surface area contributed by atoms with Crippen LogP contribution in [0.5, 0.6) is 0 Å². The molecule has 5 heteroatoms. The molecule has 22 heavy (non-hydrogen) atoms. The highest BCUT2D eigenvalue weighted by Gasteiger charge is 2.16. The molecule has 0 fully saturated rings. The molecule has 0 aliphatic carbocycles. The third-order valence-corrected chi connectivity index (χ3v) is 3.83. The first-order valence-electron chi connectivity index (χ1n) is 7.31. The number of hydrogen-bond acceptors (Lipinski definition) is 4. The maximum Gasteiger partial charge on any atom is 0.161 e. The van der Waals surface area contributed by atoms with Crippen molar-refractivity contribution in [2.24, 2.45) is 0 Å². The molecule has 3 heterocycles. The number of fused-ring (bicyclic) bond motifs is 1. The number of carbonyl (C=O) groups excluding carboxylic acids is 1. The van der Waals surface area contributed by atoms with Gasteiger partial charge in [0.1, 0.15) is 5.82 Å². The van der Waals surface area contributed by atoms with Gasteiger partial charge in [0, 0.05) is 41.6 Å². The molecule has 5 nitrogen and oxygen atoms in total. The molecule has 0 amide bonds.